The predicted molar refractivity (Wildman–Crippen MR) is 73.7 cm³/mol. The van der Waals surface area contributed by atoms with Gasteiger partial charge in [0.15, 0.2) is 0 Å². The summed E-state index contributed by atoms with van der Waals surface area (Å²) in [5.41, 5.74) is -0.135. The molecule has 9 nitrogen and oxygen atoms in total. The van der Waals surface area contributed by atoms with Crippen LogP contribution >= 0.6 is 0 Å². The third-order valence-electron chi connectivity index (χ3n) is 2.33. The zero-order valence-corrected chi connectivity index (χ0v) is 12.2. The molecule has 0 saturated carbocycles. The van der Waals surface area contributed by atoms with Crippen LogP contribution in [-0.4, -0.2) is 45.8 Å². The SMILES string of the molecule is COC(=O)c1ccc(NCCOS(C)(=O)=O)c([N+](=O)[O-])c1. The van der Waals surface area contributed by atoms with Gasteiger partial charge in [-0.3, -0.25) is 14.3 Å². The van der Waals surface area contributed by atoms with E-state index in [1.807, 2.05) is 0 Å². The number of hydrogen-bond donors (Lipinski definition) is 1. The number of rotatable bonds is 7. The molecule has 0 unspecified atom stereocenters. The van der Waals surface area contributed by atoms with Crippen molar-refractivity contribution < 1.29 is 27.1 Å². The molecular weight excluding hydrogens is 304 g/mol. The Labute approximate surface area is 121 Å². The number of nitrogens with one attached hydrogen (secondary N) is 1. The molecule has 0 aliphatic heterocycles. The quantitative estimate of drug-likeness (QED) is 0.257. The van der Waals surface area contributed by atoms with Crippen molar-refractivity contribution in [1.82, 2.24) is 0 Å². The third kappa shape index (κ3) is 5.36. The van der Waals surface area contributed by atoms with Gasteiger partial charge >= 0.3 is 5.97 Å². The number of hydrogen-bond acceptors (Lipinski definition) is 8. The Morgan fingerprint density at radius 1 is 1.43 bits per heavy atom. The largest absolute Gasteiger partial charge is 0.465 e. The summed E-state index contributed by atoms with van der Waals surface area (Å²) in [4.78, 5) is 21.6. The summed E-state index contributed by atoms with van der Waals surface area (Å²) in [5.74, 6) is -0.690. The molecule has 0 aromatic heterocycles. The highest BCUT2D eigenvalue weighted by Gasteiger charge is 2.17. The second-order valence-electron chi connectivity index (χ2n) is 3.93. The Bertz CT molecular complexity index is 642. The van der Waals surface area contributed by atoms with Crippen LogP contribution in [0.2, 0.25) is 0 Å². The van der Waals surface area contributed by atoms with E-state index in [2.05, 4.69) is 14.2 Å². The van der Waals surface area contributed by atoms with Gasteiger partial charge in [-0.2, -0.15) is 8.42 Å². The van der Waals surface area contributed by atoms with Crippen LogP contribution in [0.15, 0.2) is 18.2 Å². The predicted octanol–water partition coefficient (Wildman–Crippen LogP) is 0.770. The topological polar surface area (TPSA) is 125 Å². The maximum absolute atomic E-state index is 11.3. The molecule has 0 bridgehead atoms. The van der Waals surface area contributed by atoms with Crippen LogP contribution in [0.4, 0.5) is 11.4 Å². The molecule has 0 fully saturated rings. The fraction of sp³-hybridized carbons (Fsp3) is 0.364. The Morgan fingerprint density at radius 2 is 2.10 bits per heavy atom. The Kier molecular flexibility index (Phi) is 5.61. The van der Waals surface area contributed by atoms with Crippen molar-refractivity contribution in [2.24, 2.45) is 0 Å². The molecule has 1 N–H and O–H groups in total. The van der Waals surface area contributed by atoms with Crippen molar-refractivity contribution in [2.75, 3.05) is 31.8 Å². The average Bonchev–Trinajstić information content (AvgIpc) is 2.41. The highest BCUT2D eigenvalue weighted by atomic mass is 32.2. The number of carbonyl (C=O) groups is 1. The molecule has 116 valence electrons. The van der Waals surface area contributed by atoms with Gasteiger partial charge in [0.25, 0.3) is 15.8 Å². The van der Waals surface area contributed by atoms with Crippen molar-refractivity contribution in [1.29, 1.82) is 0 Å². The van der Waals surface area contributed by atoms with E-state index in [-0.39, 0.29) is 30.1 Å². The van der Waals surface area contributed by atoms with Gasteiger partial charge < -0.3 is 10.1 Å². The summed E-state index contributed by atoms with van der Waals surface area (Å²) in [7, 11) is -2.39. The van der Waals surface area contributed by atoms with Crippen molar-refractivity contribution in [2.45, 2.75) is 0 Å². The standard InChI is InChI=1S/C11H14N2O7S/c1-19-11(14)8-3-4-9(10(7-8)13(15)16)12-5-6-20-21(2,17)18/h3-4,7,12H,5-6H2,1-2H3. The molecule has 0 atom stereocenters. The summed E-state index contributed by atoms with van der Waals surface area (Å²) in [6.45, 7) is -0.125. The maximum Gasteiger partial charge on any atom is 0.338 e. The lowest BCUT2D eigenvalue weighted by Gasteiger charge is -2.08. The minimum Gasteiger partial charge on any atom is -0.465 e. The fourth-order valence-electron chi connectivity index (χ4n) is 1.46. The molecule has 21 heavy (non-hydrogen) atoms. The molecule has 0 amide bonds. The van der Waals surface area contributed by atoms with Crippen LogP contribution < -0.4 is 5.32 Å². The first-order valence-electron chi connectivity index (χ1n) is 5.69. The molecule has 1 aromatic carbocycles. The molecule has 1 aromatic rings. The highest BCUT2D eigenvalue weighted by Crippen LogP contribution is 2.25. The lowest BCUT2D eigenvalue weighted by atomic mass is 10.1. The van der Waals surface area contributed by atoms with Crippen molar-refractivity contribution >= 4 is 27.5 Å². The molecule has 0 aliphatic rings. The monoisotopic (exact) mass is 318 g/mol. The first-order chi connectivity index (χ1) is 9.74. The lowest BCUT2D eigenvalue weighted by molar-refractivity contribution is -0.384. The smallest absolute Gasteiger partial charge is 0.338 e. The number of carbonyl (C=O) groups excluding carboxylic acids is 1. The van der Waals surface area contributed by atoms with Gasteiger partial charge in [0.1, 0.15) is 5.69 Å². The first kappa shape index (κ1) is 16.9. The Balaban J connectivity index is 2.82. The molecule has 1 rings (SSSR count). The molecule has 0 aliphatic carbocycles. The van der Waals surface area contributed by atoms with E-state index >= 15 is 0 Å². The number of esters is 1. The number of methoxy groups -OCH3 is 1. The van der Waals surface area contributed by atoms with Gasteiger partial charge in [0.2, 0.25) is 0 Å². The van der Waals surface area contributed by atoms with E-state index in [1.165, 1.54) is 19.2 Å². The van der Waals surface area contributed by atoms with Crippen molar-refractivity contribution in [3.05, 3.63) is 33.9 Å². The van der Waals surface area contributed by atoms with Crippen LogP contribution in [0.5, 0.6) is 0 Å². The fourth-order valence-corrected chi connectivity index (χ4v) is 1.84. The number of ether oxygens (including phenoxy) is 1. The molecule has 0 saturated heterocycles. The van der Waals surface area contributed by atoms with Gasteiger partial charge in [0, 0.05) is 12.6 Å². The zero-order valence-electron chi connectivity index (χ0n) is 11.4. The average molecular weight is 318 g/mol. The van der Waals surface area contributed by atoms with Gasteiger partial charge in [0.05, 0.1) is 30.5 Å². The molecule has 0 radical (unpaired) electrons. The van der Waals surface area contributed by atoms with Crippen LogP contribution in [0.1, 0.15) is 10.4 Å². The van der Waals surface area contributed by atoms with Gasteiger partial charge in [-0.05, 0) is 12.1 Å². The summed E-state index contributed by atoms with van der Waals surface area (Å²) in [5, 5.41) is 13.6. The third-order valence-corrected chi connectivity index (χ3v) is 2.93. The number of nitro groups is 1. The molecule has 10 heteroatoms. The summed E-state index contributed by atoms with van der Waals surface area (Å²) in [6.07, 6.45) is 0.903. The van der Waals surface area contributed by atoms with Crippen LogP contribution in [0.25, 0.3) is 0 Å². The van der Waals surface area contributed by atoms with Crippen LogP contribution in [0, 0.1) is 10.1 Å². The molecule has 0 heterocycles. The molecular formula is C11H14N2O7S. The summed E-state index contributed by atoms with van der Waals surface area (Å²) >= 11 is 0. The Hall–Kier alpha value is -2.20. The van der Waals surface area contributed by atoms with E-state index < -0.39 is 21.0 Å². The van der Waals surface area contributed by atoms with E-state index in [0.717, 1.165) is 12.3 Å². The Morgan fingerprint density at radius 3 is 2.62 bits per heavy atom. The number of nitrogens with zero attached hydrogens (tertiary/aromatic N) is 1. The lowest BCUT2D eigenvalue weighted by Crippen LogP contribution is -2.14. The summed E-state index contributed by atoms with van der Waals surface area (Å²) < 4.78 is 30.5. The van der Waals surface area contributed by atoms with Crippen LogP contribution in [-0.2, 0) is 19.0 Å². The molecule has 0 spiro atoms. The van der Waals surface area contributed by atoms with Crippen molar-refractivity contribution in [3.63, 3.8) is 0 Å². The van der Waals surface area contributed by atoms with Gasteiger partial charge in [-0.15, -0.1) is 0 Å². The number of benzene rings is 1. The maximum atomic E-state index is 11.3. The summed E-state index contributed by atoms with van der Waals surface area (Å²) in [6, 6.07) is 3.77. The first-order valence-corrected chi connectivity index (χ1v) is 7.51. The van der Waals surface area contributed by atoms with Crippen molar-refractivity contribution in [3.8, 4) is 0 Å². The van der Waals surface area contributed by atoms with E-state index in [9.17, 15) is 23.3 Å². The minimum absolute atomic E-state index is 0.0436. The highest BCUT2D eigenvalue weighted by molar-refractivity contribution is 7.85. The normalized spacial score (nSPS) is 11.0. The second kappa shape index (κ2) is 6.99. The van der Waals surface area contributed by atoms with Crippen LogP contribution in [0.3, 0.4) is 0 Å². The van der Waals surface area contributed by atoms with Gasteiger partial charge in [-0.25, -0.2) is 4.79 Å². The van der Waals surface area contributed by atoms with E-state index in [1.54, 1.807) is 0 Å². The zero-order chi connectivity index (χ0) is 16.0. The van der Waals surface area contributed by atoms with E-state index in [4.69, 9.17) is 0 Å². The van der Waals surface area contributed by atoms with Gasteiger partial charge in [-0.1, -0.05) is 0 Å². The minimum atomic E-state index is -3.56. The van der Waals surface area contributed by atoms with E-state index in [0.29, 0.717) is 0 Å². The second-order valence-corrected chi connectivity index (χ2v) is 5.58. The number of anilines is 1. The number of nitro benzene ring substituents is 1.